The third-order valence-electron chi connectivity index (χ3n) is 2.60. The number of esters is 1. The van der Waals surface area contributed by atoms with Crippen LogP contribution in [0.3, 0.4) is 0 Å². The van der Waals surface area contributed by atoms with Gasteiger partial charge in [-0.3, -0.25) is 0 Å². The molecule has 0 saturated carbocycles. The van der Waals surface area contributed by atoms with Gasteiger partial charge in [0.05, 0.1) is 7.11 Å². The molecule has 2 unspecified atom stereocenters. The first-order valence-corrected chi connectivity index (χ1v) is 7.61. The molecule has 8 heteroatoms. The van der Waals surface area contributed by atoms with Gasteiger partial charge in [-0.2, -0.15) is 4.89 Å². The van der Waals surface area contributed by atoms with Crippen LogP contribution in [0.25, 0.3) is 0 Å². The molecule has 2 atom stereocenters. The average molecular weight is 314 g/mol. The minimum atomic E-state index is -2.38. The highest BCUT2D eigenvalue weighted by Crippen LogP contribution is 2.15. The maximum absolute atomic E-state index is 11.6. The topological polar surface area (TPSA) is 102 Å². The standard InChI is InChI=1S/C13H16NO6P/c1-19-12(15)11(7-8-21(17)18)14-13(16)20-9-10-5-3-2-4-6-10/h2-6,11H,7-9H2,1H3,(H-,14,16,17,18)/p+1. The van der Waals surface area contributed by atoms with Crippen molar-refractivity contribution in [3.05, 3.63) is 35.9 Å². The van der Waals surface area contributed by atoms with Gasteiger partial charge in [0.25, 0.3) is 0 Å². The van der Waals surface area contributed by atoms with Crippen molar-refractivity contribution in [1.82, 2.24) is 5.32 Å². The summed E-state index contributed by atoms with van der Waals surface area (Å²) in [4.78, 5) is 31.8. The van der Waals surface area contributed by atoms with Gasteiger partial charge < -0.3 is 14.8 Å². The van der Waals surface area contributed by atoms with E-state index in [0.29, 0.717) is 0 Å². The van der Waals surface area contributed by atoms with Crippen LogP contribution >= 0.6 is 8.03 Å². The molecule has 1 rings (SSSR count). The van der Waals surface area contributed by atoms with E-state index < -0.39 is 26.1 Å². The quantitative estimate of drug-likeness (QED) is 0.585. The zero-order valence-corrected chi connectivity index (χ0v) is 12.4. The van der Waals surface area contributed by atoms with Crippen molar-refractivity contribution >= 4 is 20.1 Å². The molecule has 0 bridgehead atoms. The van der Waals surface area contributed by atoms with Gasteiger partial charge in [-0.25, -0.2) is 9.59 Å². The fourth-order valence-electron chi connectivity index (χ4n) is 1.54. The molecule has 0 aliphatic rings. The number of alkyl carbamates (subject to hydrolysis) is 1. The van der Waals surface area contributed by atoms with Crippen molar-refractivity contribution in [3.8, 4) is 0 Å². The maximum atomic E-state index is 11.6. The zero-order valence-electron chi connectivity index (χ0n) is 11.5. The number of carbonyl (C=O) groups is 2. The number of carbonyl (C=O) groups excluding carboxylic acids is 2. The summed E-state index contributed by atoms with van der Waals surface area (Å²) in [5.41, 5.74) is 0.806. The van der Waals surface area contributed by atoms with Gasteiger partial charge in [0, 0.05) is 6.42 Å². The number of benzene rings is 1. The molecule has 0 heterocycles. The van der Waals surface area contributed by atoms with E-state index in [4.69, 9.17) is 9.63 Å². The molecule has 1 amide bonds. The summed E-state index contributed by atoms with van der Waals surface area (Å²) in [7, 11) is -1.21. The minimum Gasteiger partial charge on any atom is -0.467 e. The van der Waals surface area contributed by atoms with Gasteiger partial charge >= 0.3 is 20.1 Å². The summed E-state index contributed by atoms with van der Waals surface area (Å²) in [6.07, 6.45) is -0.908. The Hall–Kier alpha value is -1.98. The fraction of sp³-hybridized carbons (Fsp3) is 0.385. The normalized spacial score (nSPS) is 12.2. The van der Waals surface area contributed by atoms with E-state index in [2.05, 4.69) is 10.1 Å². The molecule has 1 aromatic rings. The van der Waals surface area contributed by atoms with Crippen LogP contribution in [0, 0.1) is 0 Å². The van der Waals surface area contributed by atoms with Gasteiger partial charge in [0.15, 0.2) is 6.16 Å². The van der Waals surface area contributed by atoms with Crippen LogP contribution in [0.15, 0.2) is 30.3 Å². The van der Waals surface area contributed by atoms with Crippen LogP contribution in [-0.2, 0) is 25.4 Å². The summed E-state index contributed by atoms with van der Waals surface area (Å²) >= 11 is 0. The van der Waals surface area contributed by atoms with Crippen molar-refractivity contribution < 1.29 is 28.5 Å². The molecule has 1 aromatic carbocycles. The Morgan fingerprint density at radius 1 is 1.33 bits per heavy atom. The van der Waals surface area contributed by atoms with Crippen molar-refractivity contribution in [2.75, 3.05) is 13.3 Å². The van der Waals surface area contributed by atoms with Gasteiger partial charge in [0.2, 0.25) is 0 Å². The van der Waals surface area contributed by atoms with Crippen molar-refractivity contribution in [3.63, 3.8) is 0 Å². The predicted octanol–water partition coefficient (Wildman–Crippen LogP) is 1.58. The summed E-state index contributed by atoms with van der Waals surface area (Å²) in [6.45, 7) is 0.0643. The van der Waals surface area contributed by atoms with Gasteiger partial charge in [-0.05, 0) is 10.1 Å². The molecule has 2 N–H and O–H groups in total. The number of ether oxygens (including phenoxy) is 2. The molecule has 0 fully saturated rings. The predicted molar refractivity (Wildman–Crippen MR) is 74.9 cm³/mol. The lowest BCUT2D eigenvalue weighted by Crippen LogP contribution is -2.42. The summed E-state index contributed by atoms with van der Waals surface area (Å²) < 4.78 is 20.2. The van der Waals surface area contributed by atoms with Crippen molar-refractivity contribution in [2.24, 2.45) is 0 Å². The fourth-order valence-corrected chi connectivity index (χ4v) is 2.02. The lowest BCUT2D eigenvalue weighted by atomic mass is 10.2. The third-order valence-corrected chi connectivity index (χ3v) is 3.24. The van der Waals surface area contributed by atoms with E-state index >= 15 is 0 Å². The Balaban J connectivity index is 2.47. The lowest BCUT2D eigenvalue weighted by Gasteiger charge is -2.14. The molecule has 114 valence electrons. The molecule has 0 aliphatic heterocycles. The second-order valence-corrected chi connectivity index (χ2v) is 5.30. The number of rotatable bonds is 7. The first-order chi connectivity index (χ1) is 10.0. The van der Waals surface area contributed by atoms with Crippen LogP contribution in [0.5, 0.6) is 0 Å². The number of hydrogen-bond donors (Lipinski definition) is 2. The first-order valence-electron chi connectivity index (χ1n) is 6.21. The average Bonchev–Trinajstić information content (AvgIpc) is 2.49. The van der Waals surface area contributed by atoms with Crippen LogP contribution in [0.4, 0.5) is 4.79 Å². The highest BCUT2D eigenvalue weighted by atomic mass is 31.1. The molecule has 0 spiro atoms. The van der Waals surface area contributed by atoms with E-state index in [1.165, 1.54) is 7.11 Å². The SMILES string of the molecule is COC(=O)C(CC[P+](=O)O)NC(=O)OCc1ccccc1. The summed E-state index contributed by atoms with van der Waals surface area (Å²) in [5, 5.41) is 2.32. The number of amides is 1. The molecule has 0 saturated heterocycles. The van der Waals surface area contributed by atoms with Crippen LogP contribution in [0.1, 0.15) is 12.0 Å². The van der Waals surface area contributed by atoms with Crippen LogP contribution in [-0.4, -0.2) is 36.3 Å². The lowest BCUT2D eigenvalue weighted by molar-refractivity contribution is -0.143. The van der Waals surface area contributed by atoms with E-state index in [-0.39, 0.29) is 19.2 Å². The Labute approximate surface area is 123 Å². The summed E-state index contributed by atoms with van der Waals surface area (Å²) in [6, 6.07) is 8.04. The Morgan fingerprint density at radius 3 is 2.57 bits per heavy atom. The van der Waals surface area contributed by atoms with Gasteiger partial charge in [0.1, 0.15) is 12.6 Å². The number of methoxy groups -OCH3 is 1. The molecule has 0 aliphatic carbocycles. The Kier molecular flexibility index (Phi) is 7.36. The van der Waals surface area contributed by atoms with Crippen LogP contribution < -0.4 is 5.32 Å². The molecule has 21 heavy (non-hydrogen) atoms. The minimum absolute atomic E-state index is 0.00118. The monoisotopic (exact) mass is 314 g/mol. The molecule has 7 nitrogen and oxygen atoms in total. The van der Waals surface area contributed by atoms with Crippen LogP contribution in [0.2, 0.25) is 0 Å². The number of nitrogens with one attached hydrogen (secondary N) is 1. The first kappa shape index (κ1) is 17.1. The van der Waals surface area contributed by atoms with Gasteiger partial charge in [-0.1, -0.05) is 30.3 Å². The second-order valence-electron chi connectivity index (χ2n) is 4.15. The van der Waals surface area contributed by atoms with E-state index in [1.807, 2.05) is 18.2 Å². The summed E-state index contributed by atoms with van der Waals surface area (Å²) in [5.74, 6) is -0.691. The molecule has 0 aromatic heterocycles. The molecular weight excluding hydrogens is 297 g/mol. The third kappa shape index (κ3) is 6.83. The molecular formula is C13H17NO6P+. The molecule has 0 radical (unpaired) electrons. The van der Waals surface area contributed by atoms with Crippen molar-refractivity contribution in [1.29, 1.82) is 0 Å². The largest absolute Gasteiger partial charge is 0.505 e. The zero-order chi connectivity index (χ0) is 15.7. The Morgan fingerprint density at radius 2 is 2.00 bits per heavy atom. The number of hydrogen-bond acceptors (Lipinski definition) is 5. The Bertz CT molecular complexity index is 493. The van der Waals surface area contributed by atoms with Gasteiger partial charge in [-0.15, -0.1) is 0 Å². The highest BCUT2D eigenvalue weighted by Gasteiger charge is 2.26. The van der Waals surface area contributed by atoms with Crippen molar-refractivity contribution in [2.45, 2.75) is 19.1 Å². The van der Waals surface area contributed by atoms with E-state index in [0.717, 1.165) is 5.56 Å². The van der Waals surface area contributed by atoms with E-state index in [9.17, 15) is 14.2 Å². The van der Waals surface area contributed by atoms with E-state index in [1.54, 1.807) is 12.1 Å². The highest BCUT2D eigenvalue weighted by molar-refractivity contribution is 7.37. The smallest absolute Gasteiger partial charge is 0.467 e. The maximum Gasteiger partial charge on any atom is 0.505 e. The second kappa shape index (κ2) is 9.05.